The molecule has 2 saturated heterocycles. The molecular weight excluding hydrogens is 878 g/mol. The molecule has 1 aliphatic carbocycles. The Kier molecular flexibility index (Phi) is 13.0. The smallest absolute Gasteiger partial charge is 0.293 e. The van der Waals surface area contributed by atoms with E-state index in [4.69, 9.17) is 21.1 Å². The number of allylic oxidation sites excluding steroid dienone is 1. The third-order valence-corrected chi connectivity index (χ3v) is 15.5. The first-order valence-electron chi connectivity index (χ1n) is 21.3. The normalized spacial score (nSPS) is 18.2. The second-order valence-corrected chi connectivity index (χ2v) is 22.0. The maximum Gasteiger partial charge on any atom is 0.293 e. The molecule has 2 aromatic heterocycles. The lowest BCUT2D eigenvalue weighted by atomic mass is 9.72. The van der Waals surface area contributed by atoms with Gasteiger partial charge in [0.25, 0.3) is 21.6 Å². The number of nitro benzene ring substituents is 1. The maximum atomic E-state index is 13.9. The van der Waals surface area contributed by atoms with Crippen LogP contribution < -0.4 is 19.7 Å². The minimum atomic E-state index is -4.60. The van der Waals surface area contributed by atoms with Gasteiger partial charge >= 0.3 is 0 Å². The first kappa shape index (κ1) is 45.1. The van der Waals surface area contributed by atoms with Crippen LogP contribution in [0, 0.1) is 20.3 Å². The van der Waals surface area contributed by atoms with Crippen LogP contribution in [-0.2, 0) is 19.8 Å². The number of fused-ring (bicyclic) bond motifs is 1. The number of anilines is 2. The Labute approximate surface area is 378 Å². The van der Waals surface area contributed by atoms with E-state index in [-0.39, 0.29) is 33.9 Å². The Bertz CT molecular complexity index is 2810. The van der Waals surface area contributed by atoms with Crippen molar-refractivity contribution in [3.05, 3.63) is 117 Å². The van der Waals surface area contributed by atoms with Gasteiger partial charge in [-0.25, -0.2) is 22.3 Å². The van der Waals surface area contributed by atoms with Crippen LogP contribution in [-0.4, -0.2) is 114 Å². The van der Waals surface area contributed by atoms with Gasteiger partial charge in [-0.2, -0.15) is 0 Å². The maximum absolute atomic E-state index is 13.9. The van der Waals surface area contributed by atoms with Crippen molar-refractivity contribution < 1.29 is 27.1 Å². The number of pyridine rings is 1. The largest absolute Gasteiger partial charge is 0.455 e. The van der Waals surface area contributed by atoms with Crippen LogP contribution in [0.15, 0.2) is 95.7 Å². The van der Waals surface area contributed by atoms with E-state index >= 15 is 0 Å². The quantitative estimate of drug-likeness (QED) is 0.0628. The van der Waals surface area contributed by atoms with Crippen LogP contribution in [0.2, 0.25) is 5.02 Å². The Balaban J connectivity index is 0.982. The number of nitrogens with zero attached hydrogens (tertiary/aromatic N) is 5. The zero-order valence-electron chi connectivity index (χ0n) is 35.8. The number of piperazine rings is 1. The van der Waals surface area contributed by atoms with E-state index < -0.39 is 41.2 Å². The summed E-state index contributed by atoms with van der Waals surface area (Å²) in [6, 6.07) is 20.2. The summed E-state index contributed by atoms with van der Waals surface area (Å²) in [6.45, 7) is 10.3. The van der Waals surface area contributed by atoms with Crippen LogP contribution in [0.1, 0.15) is 49.0 Å². The fourth-order valence-electron chi connectivity index (χ4n) is 8.53. The van der Waals surface area contributed by atoms with E-state index in [1.54, 1.807) is 24.4 Å². The molecule has 4 heterocycles. The molecule has 4 N–H and O–H groups in total. The number of ether oxygens (including phenoxy) is 1. The minimum absolute atomic E-state index is 0.0613. The van der Waals surface area contributed by atoms with Crippen molar-refractivity contribution in [2.24, 2.45) is 5.41 Å². The third-order valence-electron chi connectivity index (χ3n) is 12.3. The molecule has 8 rings (SSSR count). The number of carbonyl (C=O) groups excluding carboxylic acids is 1. The molecule has 64 heavy (non-hydrogen) atoms. The lowest BCUT2D eigenvalue weighted by Gasteiger charge is -2.39. The number of aromatic nitrogens is 2. The number of hydrogen-bond acceptors (Lipinski definition) is 13. The summed E-state index contributed by atoms with van der Waals surface area (Å²) in [6.07, 6.45) is 6.43. The summed E-state index contributed by atoms with van der Waals surface area (Å²) in [5.41, 5.74) is 5.30. The zero-order valence-corrected chi connectivity index (χ0v) is 38.2. The van der Waals surface area contributed by atoms with Crippen molar-refractivity contribution in [3.63, 3.8) is 0 Å². The molecule has 16 nitrogen and oxygen atoms in total. The average molecular weight is 931 g/mol. The van der Waals surface area contributed by atoms with Crippen molar-refractivity contribution in [2.75, 3.05) is 80.6 Å². The fraction of sp³-hybridized carbons (Fsp3) is 0.378. The van der Waals surface area contributed by atoms with Crippen molar-refractivity contribution in [3.8, 4) is 11.5 Å². The second kappa shape index (κ2) is 18.5. The third kappa shape index (κ3) is 10.7. The number of H-pyrrole nitrogens is 1. The molecule has 3 aromatic carbocycles. The van der Waals surface area contributed by atoms with Gasteiger partial charge in [-0.05, 0) is 84.3 Å². The molecule has 0 radical (unpaired) electrons. The minimum Gasteiger partial charge on any atom is -0.455 e. The number of nitrogens with one attached hydrogen (secondary N) is 4. The first-order chi connectivity index (χ1) is 30.5. The van der Waals surface area contributed by atoms with Gasteiger partial charge in [0, 0.05) is 115 Å². The number of benzene rings is 3. The Morgan fingerprint density at radius 3 is 2.48 bits per heavy atom. The predicted molar refractivity (Wildman–Crippen MR) is 251 cm³/mol. The van der Waals surface area contributed by atoms with E-state index in [2.05, 4.69) is 55.8 Å². The zero-order chi connectivity index (χ0) is 45.2. The molecule has 0 unspecified atom stereocenters. The van der Waals surface area contributed by atoms with Crippen LogP contribution >= 0.6 is 11.6 Å². The highest BCUT2D eigenvalue weighted by atomic mass is 35.5. The van der Waals surface area contributed by atoms with E-state index in [0.29, 0.717) is 50.7 Å². The molecule has 0 atom stereocenters. The number of nitro groups is 1. The van der Waals surface area contributed by atoms with Crippen molar-refractivity contribution >= 4 is 70.9 Å². The Morgan fingerprint density at radius 2 is 1.75 bits per heavy atom. The van der Waals surface area contributed by atoms with Crippen LogP contribution in [0.4, 0.5) is 17.1 Å². The first-order valence-corrected chi connectivity index (χ1v) is 25.0. The molecular formula is C45H52ClN9O7S2. The number of rotatable bonds is 14. The second-order valence-electron chi connectivity index (χ2n) is 17.4. The lowest BCUT2D eigenvalue weighted by Crippen LogP contribution is -2.47. The topological polar surface area (TPSA) is 207 Å². The van der Waals surface area contributed by atoms with Gasteiger partial charge < -0.3 is 19.9 Å². The van der Waals surface area contributed by atoms with E-state index in [0.717, 1.165) is 61.1 Å². The molecule has 5 aromatic rings. The van der Waals surface area contributed by atoms with Gasteiger partial charge in [0.1, 0.15) is 22.8 Å². The van der Waals surface area contributed by atoms with Gasteiger partial charge in [-0.1, -0.05) is 43.2 Å². The SMILES string of the molecule is CC1(C)CCC(CN2CCN(c3ccc(C(=O)NS(=O)(=O)c4ccc(NCCN5CCS(=N)(=O)CC5)c([N+](=O)[O-])c4)c(Oc4cnc5[nH]ccc5c4)c3)CC2)=C(c2ccc(Cl)cc2)C1. The lowest BCUT2D eigenvalue weighted by molar-refractivity contribution is -0.384. The van der Waals surface area contributed by atoms with Crippen LogP contribution in [0.25, 0.3) is 16.6 Å². The van der Waals surface area contributed by atoms with E-state index in [1.807, 2.05) is 23.1 Å². The summed E-state index contributed by atoms with van der Waals surface area (Å²) in [5, 5.41) is 16.6. The number of sulfonamides is 1. The molecule has 2 fully saturated rings. The Hall–Kier alpha value is -5.53. The van der Waals surface area contributed by atoms with Crippen molar-refractivity contribution in [1.29, 1.82) is 4.78 Å². The van der Waals surface area contributed by atoms with Gasteiger partial charge in [0.05, 0.1) is 21.6 Å². The highest BCUT2D eigenvalue weighted by molar-refractivity contribution is 7.92. The molecule has 2 aliphatic heterocycles. The number of halogens is 1. The van der Waals surface area contributed by atoms with Gasteiger partial charge in [0.2, 0.25) is 0 Å². The number of amides is 1. The fourth-order valence-corrected chi connectivity index (χ4v) is 11.0. The molecule has 0 spiro atoms. The summed E-state index contributed by atoms with van der Waals surface area (Å²) in [7, 11) is -7.16. The monoisotopic (exact) mass is 929 g/mol. The van der Waals surface area contributed by atoms with Gasteiger partial charge in [-0.15, -0.1) is 0 Å². The summed E-state index contributed by atoms with van der Waals surface area (Å²) in [5.74, 6) is 0.00273. The number of aromatic amines is 1. The van der Waals surface area contributed by atoms with E-state index in [9.17, 15) is 27.5 Å². The molecule has 338 valence electrons. The van der Waals surface area contributed by atoms with Crippen LogP contribution in [0.5, 0.6) is 11.5 Å². The van der Waals surface area contributed by atoms with Crippen LogP contribution in [0.3, 0.4) is 0 Å². The summed E-state index contributed by atoms with van der Waals surface area (Å²) >= 11 is 6.24. The predicted octanol–water partition coefficient (Wildman–Crippen LogP) is 7.60. The highest BCUT2D eigenvalue weighted by Gasteiger charge is 2.31. The van der Waals surface area contributed by atoms with Gasteiger partial charge in [0.15, 0.2) is 0 Å². The molecule has 1 amide bonds. The summed E-state index contributed by atoms with van der Waals surface area (Å²) < 4.78 is 55.6. The average Bonchev–Trinajstić information content (AvgIpc) is 3.73. The van der Waals surface area contributed by atoms with E-state index in [1.165, 1.54) is 41.1 Å². The van der Waals surface area contributed by atoms with Crippen molar-refractivity contribution in [1.82, 2.24) is 24.5 Å². The Morgan fingerprint density at radius 1 is 1.00 bits per heavy atom. The number of hydrogen-bond donors (Lipinski definition) is 4. The molecule has 19 heteroatoms. The molecule has 0 bridgehead atoms. The standard InChI is InChI=1S/C45H52ClN9O7S2/c1-45(2)13-11-33(39(28-45)31-3-5-34(46)6-4-31)30-53-17-19-54(20-18-53)35-7-9-38(42(26-35)62-36-25-32-12-14-49-43(32)50-29-36)44(56)51-64(60,61)37-8-10-40(41(27-37)55(57)58)48-15-16-52-21-23-63(47,59)24-22-52/h3-10,12,14,25-27,29,47-48H,11,13,15-24,28,30H2,1-2H3,(H,49,50)(H,51,56). The van der Waals surface area contributed by atoms with Crippen molar-refractivity contribution in [2.45, 2.75) is 38.0 Å². The van der Waals surface area contributed by atoms with Gasteiger partial charge in [-0.3, -0.25) is 29.5 Å². The summed E-state index contributed by atoms with van der Waals surface area (Å²) in [4.78, 5) is 39.1. The highest BCUT2D eigenvalue weighted by Crippen LogP contribution is 2.43. The molecule has 0 saturated carbocycles. The molecule has 3 aliphatic rings. The number of carbonyl (C=O) groups is 1.